The number of carbonyl (C=O) groups is 1. The molecule has 2 atom stereocenters. The van der Waals surface area contributed by atoms with E-state index in [1.165, 1.54) is 44.9 Å². The Morgan fingerprint density at radius 1 is 0.943 bits per heavy atom. The van der Waals surface area contributed by atoms with Gasteiger partial charge in [-0.1, -0.05) is 113 Å². The predicted molar refractivity (Wildman–Crippen MR) is 147 cm³/mol. The molecule has 3 N–H and O–H groups in total. The minimum atomic E-state index is -0.958. The smallest absolute Gasteiger partial charge is 0.328 e. The van der Waals surface area contributed by atoms with Gasteiger partial charge in [-0.2, -0.15) is 0 Å². The second-order valence-electron chi connectivity index (χ2n) is 9.35. The van der Waals surface area contributed by atoms with Gasteiger partial charge in [0, 0.05) is 17.7 Å². The predicted octanol–water partition coefficient (Wildman–Crippen LogP) is 8.01. The van der Waals surface area contributed by atoms with Gasteiger partial charge in [0.15, 0.2) is 0 Å². The quantitative estimate of drug-likeness (QED) is 0.146. The average molecular weight is 478 g/mol. The Labute approximate surface area is 211 Å². The van der Waals surface area contributed by atoms with Gasteiger partial charge in [-0.05, 0) is 42.0 Å². The highest BCUT2D eigenvalue weighted by Crippen LogP contribution is 2.32. The fourth-order valence-corrected chi connectivity index (χ4v) is 4.19. The topological polar surface area (TPSA) is 72.5 Å². The van der Waals surface area contributed by atoms with Gasteiger partial charge in [-0.15, -0.1) is 0 Å². The number of hydrogen-bond donors (Lipinski definition) is 2. The van der Waals surface area contributed by atoms with Crippen LogP contribution in [-0.4, -0.2) is 17.7 Å². The molecule has 190 valence electrons. The lowest BCUT2D eigenvalue weighted by molar-refractivity contribution is -0.131. The third kappa shape index (κ3) is 10.1. The van der Waals surface area contributed by atoms with E-state index in [9.17, 15) is 4.79 Å². The van der Waals surface area contributed by atoms with Gasteiger partial charge in [-0.3, -0.25) is 0 Å². The minimum Gasteiger partial charge on any atom is -0.493 e. The van der Waals surface area contributed by atoms with Crippen molar-refractivity contribution in [3.8, 4) is 0 Å². The molecule has 0 heterocycles. The lowest BCUT2D eigenvalue weighted by Crippen LogP contribution is -2.21. The zero-order valence-corrected chi connectivity index (χ0v) is 21.7. The van der Waals surface area contributed by atoms with Crippen molar-refractivity contribution in [2.45, 2.75) is 78.2 Å². The molecule has 4 nitrogen and oxygen atoms in total. The van der Waals surface area contributed by atoms with Crippen LogP contribution in [-0.2, 0) is 9.53 Å². The molecular weight excluding hydrogens is 434 g/mol. The highest BCUT2D eigenvalue weighted by Gasteiger charge is 2.21. The van der Waals surface area contributed by atoms with Gasteiger partial charge in [0.05, 0.1) is 6.61 Å². The summed E-state index contributed by atoms with van der Waals surface area (Å²) in [6, 6.07) is 17.8. The summed E-state index contributed by atoms with van der Waals surface area (Å²) < 4.78 is 6.38. The summed E-state index contributed by atoms with van der Waals surface area (Å²) in [5.74, 6) is 0.0438. The molecule has 0 fully saturated rings. The van der Waals surface area contributed by atoms with Crippen molar-refractivity contribution in [1.29, 1.82) is 0 Å². The molecule has 2 aromatic rings. The van der Waals surface area contributed by atoms with Gasteiger partial charge < -0.3 is 15.6 Å². The number of carboxylic acid groups (broad SMARTS) is 1. The van der Waals surface area contributed by atoms with Crippen molar-refractivity contribution >= 4 is 17.8 Å². The van der Waals surface area contributed by atoms with Crippen LogP contribution < -0.4 is 5.73 Å². The van der Waals surface area contributed by atoms with Crippen molar-refractivity contribution in [3.63, 3.8) is 0 Å². The first-order valence-electron chi connectivity index (χ1n) is 13.1. The fraction of sp³-hybridized carbons (Fsp3) is 0.452. The molecule has 0 saturated heterocycles. The summed E-state index contributed by atoms with van der Waals surface area (Å²) in [7, 11) is 0. The zero-order valence-electron chi connectivity index (χ0n) is 21.7. The van der Waals surface area contributed by atoms with Gasteiger partial charge in [0.25, 0.3) is 0 Å². The van der Waals surface area contributed by atoms with Crippen molar-refractivity contribution in [1.82, 2.24) is 0 Å². The van der Waals surface area contributed by atoms with E-state index in [0.717, 1.165) is 40.5 Å². The fourth-order valence-electron chi connectivity index (χ4n) is 4.19. The van der Waals surface area contributed by atoms with E-state index >= 15 is 0 Å². The maximum atomic E-state index is 10.7. The van der Waals surface area contributed by atoms with Crippen LogP contribution in [0.1, 0.15) is 94.9 Å². The van der Waals surface area contributed by atoms with Gasteiger partial charge in [-0.25, -0.2) is 4.79 Å². The number of hydrogen-bond acceptors (Lipinski definition) is 3. The van der Waals surface area contributed by atoms with E-state index in [2.05, 4.69) is 32.9 Å². The molecule has 4 heteroatoms. The molecule has 0 saturated carbocycles. The van der Waals surface area contributed by atoms with Crippen LogP contribution in [0.15, 0.2) is 66.2 Å². The summed E-state index contributed by atoms with van der Waals surface area (Å²) in [6.45, 7) is 7.22. The molecule has 2 unspecified atom stereocenters. The highest BCUT2D eigenvalue weighted by atomic mass is 16.5. The number of rotatable bonds is 16. The summed E-state index contributed by atoms with van der Waals surface area (Å²) >= 11 is 0. The minimum absolute atomic E-state index is 0.0733. The maximum absolute atomic E-state index is 10.7. The Morgan fingerprint density at radius 3 is 2.14 bits per heavy atom. The van der Waals surface area contributed by atoms with Crippen LogP contribution in [0.3, 0.4) is 0 Å². The van der Waals surface area contributed by atoms with Crippen molar-refractivity contribution in [2.24, 2.45) is 11.7 Å². The third-order valence-electron chi connectivity index (χ3n) is 6.60. The first-order chi connectivity index (χ1) is 16.9. The van der Waals surface area contributed by atoms with E-state index < -0.39 is 5.97 Å². The Hall–Kier alpha value is -2.85. The van der Waals surface area contributed by atoms with Crippen LogP contribution >= 0.6 is 0 Å². The molecule has 2 aromatic carbocycles. The number of unbranched alkanes of at least 4 members (excludes halogenated alkanes) is 7. The van der Waals surface area contributed by atoms with Crippen LogP contribution in [0.2, 0.25) is 0 Å². The van der Waals surface area contributed by atoms with Crippen LogP contribution in [0.25, 0.3) is 11.8 Å². The van der Waals surface area contributed by atoms with Crippen molar-refractivity contribution in [2.75, 3.05) is 6.61 Å². The van der Waals surface area contributed by atoms with Crippen molar-refractivity contribution < 1.29 is 14.6 Å². The number of aliphatic carboxylic acids is 1. The highest BCUT2D eigenvalue weighted by molar-refractivity contribution is 5.85. The Balaban J connectivity index is 2.04. The molecule has 0 aliphatic rings. The second-order valence-corrected chi connectivity index (χ2v) is 9.35. The van der Waals surface area contributed by atoms with E-state index in [0.29, 0.717) is 6.61 Å². The van der Waals surface area contributed by atoms with E-state index in [1.807, 2.05) is 42.5 Å². The van der Waals surface area contributed by atoms with Crippen molar-refractivity contribution in [3.05, 3.63) is 82.9 Å². The molecule has 2 rings (SSSR count). The van der Waals surface area contributed by atoms with E-state index in [1.54, 1.807) is 6.08 Å². The molecular formula is C31H43NO3. The second kappa shape index (κ2) is 15.9. The monoisotopic (exact) mass is 477 g/mol. The molecule has 0 aliphatic heterocycles. The largest absolute Gasteiger partial charge is 0.493 e. The summed E-state index contributed by atoms with van der Waals surface area (Å²) in [4.78, 5) is 10.7. The normalized spacial score (nSPS) is 13.9. The summed E-state index contributed by atoms with van der Waals surface area (Å²) in [5.41, 5.74) is 10.7. The zero-order chi connectivity index (χ0) is 25.5. The molecule has 35 heavy (non-hydrogen) atoms. The van der Waals surface area contributed by atoms with Crippen LogP contribution in [0.5, 0.6) is 0 Å². The average Bonchev–Trinajstić information content (AvgIpc) is 2.88. The molecule has 0 amide bonds. The first-order valence-corrected chi connectivity index (χ1v) is 13.1. The lowest BCUT2D eigenvalue weighted by Gasteiger charge is -2.24. The lowest BCUT2D eigenvalue weighted by atomic mass is 9.87. The van der Waals surface area contributed by atoms with E-state index in [-0.39, 0.29) is 12.0 Å². The first kappa shape index (κ1) is 28.4. The van der Waals surface area contributed by atoms with Gasteiger partial charge in [0.2, 0.25) is 0 Å². The molecule has 0 aliphatic carbocycles. The maximum Gasteiger partial charge on any atom is 0.328 e. The Bertz CT molecular complexity index is 931. The van der Waals surface area contributed by atoms with E-state index in [4.69, 9.17) is 15.6 Å². The number of ether oxygens (including phenoxy) is 1. The standard InChI is InChI=1S/C31H43NO3/c1-4-5-6-7-8-9-10-14-23-35-31(28-15-12-11-13-16-28)25(3)24(2)30(32)27-20-17-26(18-21-27)19-22-29(33)34/h11-13,15-22,24,30H,4-10,14,23,32H2,1-3H3,(H,33,34). The van der Waals surface area contributed by atoms with Gasteiger partial charge >= 0.3 is 5.97 Å². The Morgan fingerprint density at radius 2 is 1.54 bits per heavy atom. The van der Waals surface area contributed by atoms with Crippen LogP contribution in [0, 0.1) is 5.92 Å². The summed E-state index contributed by atoms with van der Waals surface area (Å²) in [6.07, 6.45) is 12.9. The SMILES string of the molecule is CCCCCCCCCCOC(=C(C)C(C)C(N)c1ccc(C=CC(=O)O)cc1)c1ccccc1. The molecule has 0 spiro atoms. The summed E-state index contributed by atoms with van der Waals surface area (Å²) in [5, 5.41) is 8.82. The third-order valence-corrected chi connectivity index (χ3v) is 6.60. The number of nitrogens with two attached hydrogens (primary N) is 1. The van der Waals surface area contributed by atoms with Crippen LogP contribution in [0.4, 0.5) is 0 Å². The number of carboxylic acids is 1. The number of benzene rings is 2. The van der Waals surface area contributed by atoms with Gasteiger partial charge in [0.1, 0.15) is 5.76 Å². The Kier molecular flexibility index (Phi) is 12.9. The molecule has 0 aromatic heterocycles. The molecule has 0 bridgehead atoms. The molecule has 0 radical (unpaired) electrons.